The Morgan fingerprint density at radius 3 is 2.68 bits per heavy atom. The minimum Gasteiger partial charge on any atom is -0.323 e. The van der Waals surface area contributed by atoms with Crippen molar-refractivity contribution in [2.75, 3.05) is 31.9 Å². The molecule has 0 spiro atoms. The molecule has 0 atom stereocenters. The Labute approximate surface area is 139 Å². The van der Waals surface area contributed by atoms with E-state index in [0.29, 0.717) is 17.0 Å². The number of amides is 1. The van der Waals surface area contributed by atoms with E-state index in [2.05, 4.69) is 28.1 Å². The van der Waals surface area contributed by atoms with Crippen LogP contribution in [-0.4, -0.2) is 42.7 Å². The van der Waals surface area contributed by atoms with E-state index < -0.39 is 0 Å². The highest BCUT2D eigenvalue weighted by Gasteiger charge is 2.10. The molecule has 1 fully saturated rings. The molecule has 1 saturated heterocycles. The van der Waals surface area contributed by atoms with Crippen molar-refractivity contribution in [3.8, 4) is 0 Å². The second-order valence-corrected chi connectivity index (χ2v) is 6.34. The third-order valence-corrected chi connectivity index (χ3v) is 4.38. The SMILES string of the molecule is C=C(/C=C\CC)NC(=O)C(=C)CSNCCN1CCCCC1. The van der Waals surface area contributed by atoms with Crippen LogP contribution in [0, 0.1) is 0 Å². The highest BCUT2D eigenvalue weighted by atomic mass is 32.2. The zero-order valence-electron chi connectivity index (χ0n) is 13.7. The number of carbonyl (C=O) groups is 1. The first kappa shape index (κ1) is 19.0. The molecular weight excluding hydrogens is 294 g/mol. The summed E-state index contributed by atoms with van der Waals surface area (Å²) in [6.45, 7) is 14.1. The van der Waals surface area contributed by atoms with E-state index in [1.807, 2.05) is 19.1 Å². The van der Waals surface area contributed by atoms with Gasteiger partial charge in [-0.05, 0) is 38.4 Å². The van der Waals surface area contributed by atoms with Gasteiger partial charge in [0, 0.05) is 30.1 Å². The van der Waals surface area contributed by atoms with Gasteiger partial charge >= 0.3 is 0 Å². The van der Waals surface area contributed by atoms with Gasteiger partial charge in [-0.2, -0.15) is 0 Å². The molecule has 5 heteroatoms. The number of rotatable bonds is 10. The molecule has 1 heterocycles. The van der Waals surface area contributed by atoms with Gasteiger partial charge in [-0.15, -0.1) is 0 Å². The first-order valence-corrected chi connectivity index (χ1v) is 9.03. The number of likely N-dealkylation sites (tertiary alicyclic amines) is 1. The molecule has 1 rings (SSSR count). The second kappa shape index (κ2) is 11.5. The number of piperidine rings is 1. The third kappa shape index (κ3) is 8.41. The lowest BCUT2D eigenvalue weighted by Gasteiger charge is -2.26. The van der Waals surface area contributed by atoms with Crippen LogP contribution in [0.5, 0.6) is 0 Å². The van der Waals surface area contributed by atoms with Gasteiger partial charge in [-0.3, -0.25) is 9.52 Å². The summed E-state index contributed by atoms with van der Waals surface area (Å²) in [5.41, 5.74) is 1.16. The largest absolute Gasteiger partial charge is 0.323 e. The summed E-state index contributed by atoms with van der Waals surface area (Å²) in [6, 6.07) is 0. The molecule has 0 radical (unpaired) electrons. The van der Waals surface area contributed by atoms with Gasteiger partial charge in [0.1, 0.15) is 0 Å². The number of hydrogen-bond acceptors (Lipinski definition) is 4. The summed E-state index contributed by atoms with van der Waals surface area (Å²) < 4.78 is 3.30. The van der Waals surface area contributed by atoms with Crippen molar-refractivity contribution < 1.29 is 4.79 Å². The van der Waals surface area contributed by atoms with Crippen molar-refractivity contribution in [1.82, 2.24) is 14.9 Å². The summed E-state index contributed by atoms with van der Waals surface area (Å²) in [4.78, 5) is 14.4. The summed E-state index contributed by atoms with van der Waals surface area (Å²) in [6.07, 6.45) is 8.71. The Morgan fingerprint density at radius 1 is 1.27 bits per heavy atom. The lowest BCUT2D eigenvalue weighted by Crippen LogP contribution is -2.34. The summed E-state index contributed by atoms with van der Waals surface area (Å²) >= 11 is 1.54. The van der Waals surface area contributed by atoms with E-state index in [4.69, 9.17) is 0 Å². The number of allylic oxidation sites excluding steroid dienone is 2. The van der Waals surface area contributed by atoms with Gasteiger partial charge in [-0.25, -0.2) is 0 Å². The Balaban J connectivity index is 2.07. The Morgan fingerprint density at radius 2 is 2.00 bits per heavy atom. The average molecular weight is 324 g/mol. The van der Waals surface area contributed by atoms with Crippen LogP contribution in [0.1, 0.15) is 32.6 Å². The first-order valence-electron chi connectivity index (χ1n) is 8.05. The van der Waals surface area contributed by atoms with E-state index in [-0.39, 0.29) is 5.91 Å². The molecule has 22 heavy (non-hydrogen) atoms. The molecule has 0 aromatic heterocycles. The Kier molecular flexibility index (Phi) is 9.95. The van der Waals surface area contributed by atoms with Crippen LogP contribution in [-0.2, 0) is 4.79 Å². The van der Waals surface area contributed by atoms with Gasteiger partial charge in [-0.1, -0.05) is 44.5 Å². The predicted octanol–water partition coefficient (Wildman–Crippen LogP) is 2.86. The molecule has 0 aliphatic carbocycles. The maximum Gasteiger partial charge on any atom is 0.251 e. The lowest BCUT2D eigenvalue weighted by molar-refractivity contribution is -0.116. The minimum absolute atomic E-state index is 0.156. The fraction of sp³-hybridized carbons (Fsp3) is 0.588. The zero-order valence-corrected chi connectivity index (χ0v) is 14.5. The van der Waals surface area contributed by atoms with E-state index in [1.165, 1.54) is 44.3 Å². The van der Waals surface area contributed by atoms with Gasteiger partial charge < -0.3 is 10.2 Å². The monoisotopic (exact) mass is 323 g/mol. The molecule has 0 unspecified atom stereocenters. The highest BCUT2D eigenvalue weighted by molar-refractivity contribution is 7.97. The first-order chi connectivity index (χ1) is 10.6. The van der Waals surface area contributed by atoms with Crippen molar-refractivity contribution in [3.63, 3.8) is 0 Å². The molecule has 0 aromatic rings. The van der Waals surface area contributed by atoms with E-state index in [9.17, 15) is 4.79 Å². The molecule has 124 valence electrons. The van der Waals surface area contributed by atoms with E-state index in [0.717, 1.165) is 19.5 Å². The van der Waals surface area contributed by atoms with Crippen LogP contribution in [0.4, 0.5) is 0 Å². The highest BCUT2D eigenvalue weighted by Crippen LogP contribution is 2.08. The summed E-state index contributed by atoms with van der Waals surface area (Å²) in [5.74, 6) is 0.424. The normalized spacial score (nSPS) is 15.9. The molecular formula is C17H29N3OS. The van der Waals surface area contributed by atoms with E-state index >= 15 is 0 Å². The summed E-state index contributed by atoms with van der Waals surface area (Å²) in [5, 5.41) is 2.74. The minimum atomic E-state index is -0.156. The lowest BCUT2D eigenvalue weighted by atomic mass is 10.1. The Bertz CT molecular complexity index is 401. The maximum absolute atomic E-state index is 11.9. The molecule has 1 aliphatic rings. The van der Waals surface area contributed by atoms with Crippen LogP contribution < -0.4 is 10.0 Å². The second-order valence-electron chi connectivity index (χ2n) is 5.48. The van der Waals surface area contributed by atoms with E-state index in [1.54, 1.807) is 0 Å². The van der Waals surface area contributed by atoms with Crippen molar-refractivity contribution >= 4 is 17.9 Å². The van der Waals surface area contributed by atoms with Gasteiger partial charge in [0.05, 0.1) is 0 Å². The quantitative estimate of drug-likeness (QED) is 0.281. The van der Waals surface area contributed by atoms with Crippen LogP contribution in [0.2, 0.25) is 0 Å². The van der Waals surface area contributed by atoms with Crippen molar-refractivity contribution in [2.45, 2.75) is 32.6 Å². The fourth-order valence-electron chi connectivity index (χ4n) is 2.20. The van der Waals surface area contributed by atoms with Gasteiger partial charge in [0.15, 0.2) is 0 Å². The zero-order chi connectivity index (χ0) is 16.2. The van der Waals surface area contributed by atoms with Crippen molar-refractivity contribution in [3.05, 3.63) is 36.6 Å². The average Bonchev–Trinajstić information content (AvgIpc) is 2.53. The van der Waals surface area contributed by atoms with Crippen LogP contribution in [0.15, 0.2) is 36.6 Å². The smallest absolute Gasteiger partial charge is 0.251 e. The fourth-order valence-corrected chi connectivity index (χ4v) is 2.84. The number of nitrogens with zero attached hydrogens (tertiary/aromatic N) is 1. The summed E-state index contributed by atoms with van der Waals surface area (Å²) in [7, 11) is 0. The molecule has 1 aliphatic heterocycles. The predicted molar refractivity (Wildman–Crippen MR) is 96.6 cm³/mol. The van der Waals surface area contributed by atoms with Crippen LogP contribution >= 0.6 is 11.9 Å². The third-order valence-electron chi connectivity index (χ3n) is 3.48. The van der Waals surface area contributed by atoms with Crippen molar-refractivity contribution in [1.29, 1.82) is 0 Å². The molecule has 2 N–H and O–H groups in total. The van der Waals surface area contributed by atoms with Crippen LogP contribution in [0.25, 0.3) is 0 Å². The standard InChI is InChI=1S/C17H29N3OS/c1-4-5-9-16(3)19-17(21)15(2)14-22-18-10-13-20-11-7-6-8-12-20/h5,9,18H,2-4,6-8,10-14H2,1H3,(H,19,21)/b9-5-. The van der Waals surface area contributed by atoms with Gasteiger partial charge in [0.2, 0.25) is 0 Å². The maximum atomic E-state index is 11.9. The molecule has 0 aromatic carbocycles. The van der Waals surface area contributed by atoms with Crippen molar-refractivity contribution in [2.24, 2.45) is 0 Å². The molecule has 0 saturated carbocycles. The number of hydrogen-bond donors (Lipinski definition) is 2. The topological polar surface area (TPSA) is 44.4 Å². The molecule has 4 nitrogen and oxygen atoms in total. The molecule has 1 amide bonds. The number of carbonyl (C=O) groups excluding carboxylic acids is 1. The molecule has 0 bridgehead atoms. The van der Waals surface area contributed by atoms with Crippen LogP contribution in [0.3, 0.4) is 0 Å². The van der Waals surface area contributed by atoms with Gasteiger partial charge in [0.25, 0.3) is 5.91 Å². The Hall–Kier alpha value is -1.04. The number of nitrogens with one attached hydrogen (secondary N) is 2.